The van der Waals surface area contributed by atoms with Crippen molar-refractivity contribution in [3.8, 4) is 0 Å². The molecule has 3 rings (SSSR count). The van der Waals surface area contributed by atoms with Gasteiger partial charge in [-0.25, -0.2) is 4.98 Å². The van der Waals surface area contributed by atoms with Crippen molar-refractivity contribution in [1.29, 1.82) is 0 Å². The van der Waals surface area contributed by atoms with E-state index in [2.05, 4.69) is 26.9 Å². The standard InChI is InChI=1S/C16H25N5O/c1-3-4-5-16-17-9-13(18-16)10-20-6-7-21-14(11-20)8-15(19-21)12(2)22/h8-9,12,22H,3-7,10-11H2,1-2H3,(H,17,18). The van der Waals surface area contributed by atoms with Crippen LogP contribution in [0.2, 0.25) is 0 Å². The van der Waals surface area contributed by atoms with Crippen molar-refractivity contribution < 1.29 is 5.11 Å². The van der Waals surface area contributed by atoms with Gasteiger partial charge >= 0.3 is 0 Å². The van der Waals surface area contributed by atoms with Gasteiger partial charge in [-0.2, -0.15) is 5.10 Å². The van der Waals surface area contributed by atoms with Crippen LogP contribution < -0.4 is 0 Å². The Bertz CT molecular complexity index is 616. The summed E-state index contributed by atoms with van der Waals surface area (Å²) in [7, 11) is 0. The number of aromatic nitrogens is 4. The van der Waals surface area contributed by atoms with Crippen LogP contribution in [0, 0.1) is 0 Å². The van der Waals surface area contributed by atoms with E-state index in [0.29, 0.717) is 0 Å². The molecule has 0 amide bonds. The fourth-order valence-corrected chi connectivity index (χ4v) is 2.88. The van der Waals surface area contributed by atoms with Crippen LogP contribution in [0.5, 0.6) is 0 Å². The van der Waals surface area contributed by atoms with Crippen molar-refractivity contribution in [3.63, 3.8) is 0 Å². The van der Waals surface area contributed by atoms with E-state index in [0.717, 1.165) is 44.1 Å². The monoisotopic (exact) mass is 303 g/mol. The predicted octanol–water partition coefficient (Wildman–Crippen LogP) is 2.02. The minimum atomic E-state index is -0.500. The number of fused-ring (bicyclic) bond motifs is 1. The Labute approximate surface area is 131 Å². The molecule has 2 N–H and O–H groups in total. The van der Waals surface area contributed by atoms with E-state index in [4.69, 9.17) is 0 Å². The number of aryl methyl sites for hydroxylation is 1. The molecule has 0 aliphatic carbocycles. The van der Waals surface area contributed by atoms with E-state index < -0.39 is 6.10 Å². The molecule has 2 aromatic heterocycles. The smallest absolute Gasteiger partial charge is 0.106 e. The zero-order chi connectivity index (χ0) is 15.5. The zero-order valence-electron chi connectivity index (χ0n) is 13.4. The number of unbranched alkanes of at least 4 members (excludes halogenated alkanes) is 1. The van der Waals surface area contributed by atoms with E-state index in [9.17, 15) is 5.11 Å². The van der Waals surface area contributed by atoms with E-state index in [1.807, 2.05) is 16.9 Å². The number of imidazole rings is 1. The van der Waals surface area contributed by atoms with Crippen molar-refractivity contribution in [2.45, 2.75) is 58.8 Å². The normalized spacial score (nSPS) is 16.7. The Morgan fingerprint density at radius 3 is 3.05 bits per heavy atom. The third kappa shape index (κ3) is 3.39. The van der Waals surface area contributed by atoms with Crippen molar-refractivity contribution in [2.75, 3.05) is 6.54 Å². The summed E-state index contributed by atoms with van der Waals surface area (Å²) >= 11 is 0. The molecule has 22 heavy (non-hydrogen) atoms. The van der Waals surface area contributed by atoms with Gasteiger partial charge < -0.3 is 10.1 Å². The highest BCUT2D eigenvalue weighted by molar-refractivity contribution is 5.14. The highest BCUT2D eigenvalue weighted by Crippen LogP contribution is 2.19. The topological polar surface area (TPSA) is 70.0 Å². The summed E-state index contributed by atoms with van der Waals surface area (Å²) in [5.74, 6) is 1.09. The fourth-order valence-electron chi connectivity index (χ4n) is 2.88. The molecule has 6 heteroatoms. The highest BCUT2D eigenvalue weighted by atomic mass is 16.3. The molecule has 2 aromatic rings. The van der Waals surface area contributed by atoms with Gasteiger partial charge in [0.1, 0.15) is 5.82 Å². The minimum Gasteiger partial charge on any atom is -0.387 e. The first kappa shape index (κ1) is 15.2. The number of nitrogens with zero attached hydrogens (tertiary/aromatic N) is 4. The number of nitrogens with one attached hydrogen (secondary N) is 1. The summed E-state index contributed by atoms with van der Waals surface area (Å²) in [4.78, 5) is 10.3. The van der Waals surface area contributed by atoms with Gasteiger partial charge in [0.2, 0.25) is 0 Å². The third-order valence-electron chi connectivity index (χ3n) is 4.17. The van der Waals surface area contributed by atoms with Crippen LogP contribution >= 0.6 is 0 Å². The van der Waals surface area contributed by atoms with Gasteiger partial charge in [-0.15, -0.1) is 0 Å². The summed E-state index contributed by atoms with van der Waals surface area (Å²) in [6.07, 6.45) is 4.86. The van der Waals surface area contributed by atoms with E-state index >= 15 is 0 Å². The van der Waals surface area contributed by atoms with Crippen LogP contribution in [0.15, 0.2) is 12.3 Å². The number of aliphatic hydroxyl groups excluding tert-OH is 1. The van der Waals surface area contributed by atoms with E-state index in [1.165, 1.54) is 24.2 Å². The SMILES string of the molecule is CCCCc1ncc(CN2CCn3nc(C(C)O)cc3C2)[nH]1. The molecule has 0 aromatic carbocycles. The Kier molecular flexibility index (Phi) is 4.59. The summed E-state index contributed by atoms with van der Waals surface area (Å²) in [5.41, 5.74) is 3.11. The second-order valence-electron chi connectivity index (χ2n) is 6.13. The summed E-state index contributed by atoms with van der Waals surface area (Å²) in [6.45, 7) is 7.55. The number of hydrogen-bond donors (Lipinski definition) is 2. The molecule has 1 unspecified atom stereocenters. The van der Waals surface area contributed by atoms with Gasteiger partial charge in [-0.05, 0) is 19.4 Å². The Balaban J connectivity index is 1.61. The molecule has 0 saturated carbocycles. The first-order valence-corrected chi connectivity index (χ1v) is 8.15. The Morgan fingerprint density at radius 1 is 1.41 bits per heavy atom. The number of aromatic amines is 1. The number of H-pyrrole nitrogens is 1. The van der Waals surface area contributed by atoms with Gasteiger partial charge in [0.25, 0.3) is 0 Å². The van der Waals surface area contributed by atoms with Crippen LogP contribution in [0.3, 0.4) is 0 Å². The van der Waals surface area contributed by atoms with Crippen LogP contribution in [0.1, 0.15) is 55.7 Å². The lowest BCUT2D eigenvalue weighted by atomic mass is 10.2. The average Bonchev–Trinajstić information content (AvgIpc) is 3.11. The largest absolute Gasteiger partial charge is 0.387 e. The van der Waals surface area contributed by atoms with Crippen molar-refractivity contribution in [1.82, 2.24) is 24.6 Å². The van der Waals surface area contributed by atoms with Gasteiger partial charge in [0, 0.05) is 37.9 Å². The third-order valence-corrected chi connectivity index (χ3v) is 4.17. The Hall–Kier alpha value is -1.66. The van der Waals surface area contributed by atoms with Crippen LogP contribution in [0.25, 0.3) is 0 Å². The van der Waals surface area contributed by atoms with Gasteiger partial charge in [-0.3, -0.25) is 9.58 Å². The maximum absolute atomic E-state index is 9.64. The quantitative estimate of drug-likeness (QED) is 0.856. The lowest BCUT2D eigenvalue weighted by molar-refractivity contribution is 0.189. The minimum absolute atomic E-state index is 0.500. The first-order chi connectivity index (χ1) is 10.7. The molecule has 0 bridgehead atoms. The molecule has 3 heterocycles. The van der Waals surface area contributed by atoms with Crippen LogP contribution in [-0.2, 0) is 26.1 Å². The molecular weight excluding hydrogens is 278 g/mol. The summed E-state index contributed by atoms with van der Waals surface area (Å²) in [6, 6.07) is 2.01. The molecular formula is C16H25N5O. The van der Waals surface area contributed by atoms with E-state index in [1.54, 1.807) is 6.92 Å². The molecule has 0 radical (unpaired) electrons. The Morgan fingerprint density at radius 2 is 2.27 bits per heavy atom. The number of rotatable bonds is 6. The lowest BCUT2D eigenvalue weighted by Crippen LogP contribution is -2.33. The molecule has 0 spiro atoms. The number of hydrogen-bond acceptors (Lipinski definition) is 4. The van der Waals surface area contributed by atoms with Gasteiger partial charge in [0.05, 0.1) is 24.0 Å². The second-order valence-corrected chi connectivity index (χ2v) is 6.13. The summed E-state index contributed by atoms with van der Waals surface area (Å²) in [5, 5.41) is 14.1. The molecule has 1 aliphatic heterocycles. The van der Waals surface area contributed by atoms with Crippen molar-refractivity contribution in [3.05, 3.63) is 35.2 Å². The van der Waals surface area contributed by atoms with Gasteiger partial charge in [-0.1, -0.05) is 13.3 Å². The zero-order valence-corrected chi connectivity index (χ0v) is 13.4. The molecule has 6 nitrogen and oxygen atoms in total. The summed E-state index contributed by atoms with van der Waals surface area (Å²) < 4.78 is 2.01. The van der Waals surface area contributed by atoms with Gasteiger partial charge in [0.15, 0.2) is 0 Å². The molecule has 1 atom stereocenters. The first-order valence-electron chi connectivity index (χ1n) is 8.15. The van der Waals surface area contributed by atoms with Crippen molar-refractivity contribution in [2.24, 2.45) is 0 Å². The lowest BCUT2D eigenvalue weighted by Gasteiger charge is -2.26. The van der Waals surface area contributed by atoms with Crippen molar-refractivity contribution >= 4 is 0 Å². The molecule has 0 fully saturated rings. The fraction of sp³-hybridized carbons (Fsp3) is 0.625. The number of aliphatic hydroxyl groups is 1. The van der Waals surface area contributed by atoms with E-state index in [-0.39, 0.29) is 0 Å². The molecule has 0 saturated heterocycles. The predicted molar refractivity (Wildman–Crippen MR) is 84.2 cm³/mol. The maximum Gasteiger partial charge on any atom is 0.106 e. The van der Waals surface area contributed by atoms with Crippen LogP contribution in [0.4, 0.5) is 0 Å². The van der Waals surface area contributed by atoms with Crippen LogP contribution in [-0.4, -0.2) is 36.3 Å². The average molecular weight is 303 g/mol. The maximum atomic E-state index is 9.64. The highest BCUT2D eigenvalue weighted by Gasteiger charge is 2.20. The molecule has 1 aliphatic rings. The second kappa shape index (κ2) is 6.62. The molecule has 120 valence electrons.